The predicted octanol–water partition coefficient (Wildman–Crippen LogP) is 0.530. The molecule has 0 radical (unpaired) electrons. The molecule has 0 aliphatic heterocycles. The molecule has 2 aromatic rings. The summed E-state index contributed by atoms with van der Waals surface area (Å²) in [6.07, 6.45) is -0.579. The third-order valence-electron chi connectivity index (χ3n) is 2.40. The van der Waals surface area contributed by atoms with E-state index in [0.29, 0.717) is 18.5 Å². The number of aliphatic hydroxyl groups excluding tert-OH is 1. The van der Waals surface area contributed by atoms with Gasteiger partial charge in [0.1, 0.15) is 6.10 Å². The van der Waals surface area contributed by atoms with E-state index in [4.69, 9.17) is 10.3 Å². The standard InChI is InChI=1S/C11H13N3O4/c12-4-3-8(16)11-13-10(14-18-11)6-1-2-7(15)9(17)5-6/h1-2,5,8,15-17H,3-4,12H2. The van der Waals surface area contributed by atoms with Gasteiger partial charge in [-0.15, -0.1) is 0 Å². The van der Waals surface area contributed by atoms with E-state index < -0.39 is 6.10 Å². The lowest BCUT2D eigenvalue weighted by atomic mass is 10.2. The van der Waals surface area contributed by atoms with Crippen molar-refractivity contribution in [2.45, 2.75) is 12.5 Å². The first-order valence-corrected chi connectivity index (χ1v) is 5.36. The van der Waals surface area contributed by atoms with E-state index >= 15 is 0 Å². The van der Waals surface area contributed by atoms with E-state index in [2.05, 4.69) is 10.1 Å². The minimum absolute atomic E-state index is 0.0722. The molecule has 7 nitrogen and oxygen atoms in total. The molecule has 1 atom stereocenters. The van der Waals surface area contributed by atoms with E-state index in [1.54, 1.807) is 0 Å². The Bertz CT molecular complexity index is 541. The van der Waals surface area contributed by atoms with Crippen LogP contribution in [0.3, 0.4) is 0 Å². The van der Waals surface area contributed by atoms with Gasteiger partial charge in [-0.1, -0.05) is 5.16 Å². The summed E-state index contributed by atoms with van der Waals surface area (Å²) in [4.78, 5) is 3.99. The molecule has 2 rings (SSSR count). The van der Waals surface area contributed by atoms with Gasteiger partial charge in [0, 0.05) is 5.56 Å². The number of nitrogens with zero attached hydrogens (tertiary/aromatic N) is 2. The Balaban J connectivity index is 2.26. The minimum Gasteiger partial charge on any atom is -0.504 e. The SMILES string of the molecule is NCCC(O)c1nc(-c2ccc(O)c(O)c2)no1. The van der Waals surface area contributed by atoms with Crippen LogP contribution in [0.2, 0.25) is 0 Å². The molecule has 7 heteroatoms. The summed E-state index contributed by atoms with van der Waals surface area (Å²) < 4.78 is 4.89. The maximum absolute atomic E-state index is 9.61. The van der Waals surface area contributed by atoms with Crippen LogP contribution in [0.4, 0.5) is 0 Å². The molecule has 0 bridgehead atoms. The highest BCUT2D eigenvalue weighted by Crippen LogP contribution is 2.29. The molecule has 18 heavy (non-hydrogen) atoms. The third-order valence-corrected chi connectivity index (χ3v) is 2.40. The van der Waals surface area contributed by atoms with E-state index in [0.717, 1.165) is 0 Å². The molecule has 1 aromatic heterocycles. The van der Waals surface area contributed by atoms with Gasteiger partial charge < -0.3 is 25.6 Å². The molecule has 1 aromatic carbocycles. The molecular weight excluding hydrogens is 238 g/mol. The first-order chi connectivity index (χ1) is 8.61. The Morgan fingerprint density at radius 2 is 2.06 bits per heavy atom. The van der Waals surface area contributed by atoms with Crippen LogP contribution in [0.15, 0.2) is 22.7 Å². The van der Waals surface area contributed by atoms with E-state index in [1.807, 2.05) is 0 Å². The van der Waals surface area contributed by atoms with E-state index in [1.165, 1.54) is 18.2 Å². The van der Waals surface area contributed by atoms with Crippen LogP contribution in [-0.4, -0.2) is 32.0 Å². The van der Waals surface area contributed by atoms with Crippen molar-refractivity contribution in [3.63, 3.8) is 0 Å². The monoisotopic (exact) mass is 251 g/mol. The summed E-state index contributed by atoms with van der Waals surface area (Å²) in [5.74, 6) is -0.216. The van der Waals surface area contributed by atoms with E-state index in [-0.39, 0.29) is 23.2 Å². The lowest BCUT2D eigenvalue weighted by Gasteiger charge is -2.01. The largest absolute Gasteiger partial charge is 0.504 e. The molecule has 0 amide bonds. The van der Waals surface area contributed by atoms with Gasteiger partial charge in [0.05, 0.1) is 0 Å². The number of benzene rings is 1. The summed E-state index contributed by atoms with van der Waals surface area (Å²) in [5.41, 5.74) is 5.78. The Morgan fingerprint density at radius 3 is 2.72 bits per heavy atom. The molecule has 0 saturated carbocycles. The summed E-state index contributed by atoms with van der Waals surface area (Å²) in [6.45, 7) is 0.304. The lowest BCUT2D eigenvalue weighted by molar-refractivity contribution is 0.127. The van der Waals surface area contributed by atoms with Gasteiger partial charge in [0.15, 0.2) is 11.5 Å². The van der Waals surface area contributed by atoms with Crippen molar-refractivity contribution in [1.82, 2.24) is 10.1 Å². The van der Waals surface area contributed by atoms with Crippen LogP contribution in [-0.2, 0) is 0 Å². The summed E-state index contributed by atoms with van der Waals surface area (Å²) in [7, 11) is 0. The van der Waals surface area contributed by atoms with Crippen molar-refractivity contribution in [2.75, 3.05) is 6.54 Å². The van der Waals surface area contributed by atoms with Crippen molar-refractivity contribution in [3.8, 4) is 22.9 Å². The zero-order chi connectivity index (χ0) is 13.1. The number of aromatic hydroxyl groups is 2. The second-order valence-corrected chi connectivity index (χ2v) is 3.75. The van der Waals surface area contributed by atoms with Crippen LogP contribution in [0.25, 0.3) is 11.4 Å². The third kappa shape index (κ3) is 2.41. The maximum atomic E-state index is 9.61. The summed E-state index contributed by atoms with van der Waals surface area (Å²) >= 11 is 0. The fourth-order valence-electron chi connectivity index (χ4n) is 1.43. The number of aliphatic hydroxyl groups is 1. The predicted molar refractivity (Wildman–Crippen MR) is 61.7 cm³/mol. The van der Waals surface area contributed by atoms with Crippen LogP contribution in [0, 0.1) is 0 Å². The zero-order valence-corrected chi connectivity index (χ0v) is 9.45. The highest BCUT2D eigenvalue weighted by atomic mass is 16.5. The lowest BCUT2D eigenvalue weighted by Crippen LogP contribution is -2.06. The number of hydrogen-bond donors (Lipinski definition) is 4. The topological polar surface area (TPSA) is 126 Å². The first kappa shape index (κ1) is 12.3. The van der Waals surface area contributed by atoms with Crippen molar-refractivity contribution in [1.29, 1.82) is 0 Å². The Hall–Kier alpha value is -2.12. The van der Waals surface area contributed by atoms with Gasteiger partial charge in [0.2, 0.25) is 5.82 Å². The molecule has 0 fully saturated rings. The van der Waals surface area contributed by atoms with Crippen LogP contribution >= 0.6 is 0 Å². The Labute approximate surface area is 102 Å². The van der Waals surface area contributed by atoms with Crippen molar-refractivity contribution < 1.29 is 19.8 Å². The number of nitrogens with two attached hydrogens (primary N) is 1. The van der Waals surface area contributed by atoms with Crippen LogP contribution in [0.5, 0.6) is 11.5 Å². The second kappa shape index (κ2) is 5.03. The quantitative estimate of drug-likeness (QED) is 0.584. The average Bonchev–Trinajstić information content (AvgIpc) is 2.82. The van der Waals surface area contributed by atoms with Crippen LogP contribution in [0.1, 0.15) is 18.4 Å². The molecule has 5 N–H and O–H groups in total. The first-order valence-electron chi connectivity index (χ1n) is 5.36. The Morgan fingerprint density at radius 1 is 1.28 bits per heavy atom. The normalized spacial score (nSPS) is 12.6. The number of phenols is 2. The van der Waals surface area contributed by atoms with Gasteiger partial charge in [-0.05, 0) is 31.2 Å². The molecule has 0 aliphatic carbocycles. The second-order valence-electron chi connectivity index (χ2n) is 3.75. The number of rotatable bonds is 4. The molecular formula is C11H13N3O4. The zero-order valence-electron chi connectivity index (χ0n) is 9.45. The molecule has 0 aliphatic rings. The number of aromatic nitrogens is 2. The fourth-order valence-corrected chi connectivity index (χ4v) is 1.43. The van der Waals surface area contributed by atoms with E-state index in [9.17, 15) is 15.3 Å². The summed E-state index contributed by atoms with van der Waals surface area (Å²) in [5, 5.41) is 31.8. The maximum Gasteiger partial charge on any atom is 0.255 e. The average molecular weight is 251 g/mol. The van der Waals surface area contributed by atoms with Crippen LogP contribution < -0.4 is 5.73 Å². The fraction of sp³-hybridized carbons (Fsp3) is 0.273. The summed E-state index contributed by atoms with van der Waals surface area (Å²) in [6, 6.07) is 4.15. The smallest absolute Gasteiger partial charge is 0.255 e. The van der Waals surface area contributed by atoms with Gasteiger partial charge in [-0.25, -0.2) is 0 Å². The Kier molecular flexibility index (Phi) is 3.45. The molecule has 1 unspecified atom stereocenters. The molecule has 0 saturated heterocycles. The van der Waals surface area contributed by atoms with Gasteiger partial charge >= 0.3 is 0 Å². The number of hydrogen-bond acceptors (Lipinski definition) is 7. The highest BCUT2D eigenvalue weighted by molar-refractivity contribution is 5.59. The minimum atomic E-state index is -0.901. The van der Waals surface area contributed by atoms with Crippen molar-refractivity contribution >= 4 is 0 Å². The van der Waals surface area contributed by atoms with Crippen molar-refractivity contribution in [2.24, 2.45) is 5.73 Å². The van der Waals surface area contributed by atoms with Gasteiger partial charge in [-0.2, -0.15) is 4.98 Å². The van der Waals surface area contributed by atoms with Gasteiger partial charge in [0.25, 0.3) is 5.89 Å². The highest BCUT2D eigenvalue weighted by Gasteiger charge is 2.16. The molecule has 0 spiro atoms. The molecule has 1 heterocycles. The van der Waals surface area contributed by atoms with Crippen molar-refractivity contribution in [3.05, 3.63) is 24.1 Å². The van der Waals surface area contributed by atoms with Gasteiger partial charge in [-0.3, -0.25) is 0 Å². The number of phenolic OH excluding ortho intramolecular Hbond substituents is 2. The molecule has 96 valence electrons.